The van der Waals surface area contributed by atoms with Crippen LogP contribution >= 0.6 is 0 Å². The van der Waals surface area contributed by atoms with Crippen molar-refractivity contribution >= 4 is 5.69 Å². The van der Waals surface area contributed by atoms with Gasteiger partial charge in [-0.1, -0.05) is 30.3 Å². The minimum atomic E-state index is -0.203. The SMILES string of the molecule is CCOc1cccc2c1O[C@@H]1OCC[C@@H]1[C@@H]2Nc1ccccc1. The molecule has 0 saturated carbocycles. The van der Waals surface area contributed by atoms with Gasteiger partial charge in [-0.25, -0.2) is 0 Å². The fourth-order valence-electron chi connectivity index (χ4n) is 3.44. The van der Waals surface area contributed by atoms with E-state index in [-0.39, 0.29) is 12.3 Å². The van der Waals surface area contributed by atoms with E-state index in [1.165, 1.54) is 0 Å². The number of fused-ring (bicyclic) bond motifs is 2. The summed E-state index contributed by atoms with van der Waals surface area (Å²) in [5.41, 5.74) is 2.25. The number of ether oxygens (including phenoxy) is 3. The molecule has 3 atom stereocenters. The van der Waals surface area contributed by atoms with Crippen molar-refractivity contribution in [1.29, 1.82) is 0 Å². The van der Waals surface area contributed by atoms with Crippen LogP contribution in [0.5, 0.6) is 11.5 Å². The fraction of sp³-hybridized carbons (Fsp3) is 0.368. The third kappa shape index (κ3) is 2.63. The van der Waals surface area contributed by atoms with Crippen LogP contribution < -0.4 is 14.8 Å². The molecule has 2 aromatic carbocycles. The van der Waals surface area contributed by atoms with Gasteiger partial charge in [0.15, 0.2) is 11.5 Å². The maximum Gasteiger partial charge on any atom is 0.205 e. The molecule has 1 saturated heterocycles. The zero-order chi connectivity index (χ0) is 15.6. The Labute approximate surface area is 136 Å². The smallest absolute Gasteiger partial charge is 0.205 e. The van der Waals surface area contributed by atoms with Crippen LogP contribution in [0.1, 0.15) is 24.9 Å². The molecule has 0 amide bonds. The van der Waals surface area contributed by atoms with Crippen molar-refractivity contribution < 1.29 is 14.2 Å². The molecule has 0 radical (unpaired) electrons. The molecule has 0 bridgehead atoms. The summed E-state index contributed by atoms with van der Waals surface area (Å²) >= 11 is 0. The average molecular weight is 311 g/mol. The maximum absolute atomic E-state index is 6.12. The molecule has 1 fully saturated rings. The monoisotopic (exact) mass is 311 g/mol. The average Bonchev–Trinajstić information content (AvgIpc) is 3.05. The quantitative estimate of drug-likeness (QED) is 0.926. The second-order valence-corrected chi connectivity index (χ2v) is 5.91. The Morgan fingerprint density at radius 2 is 2.00 bits per heavy atom. The Morgan fingerprint density at radius 3 is 2.83 bits per heavy atom. The number of para-hydroxylation sites is 2. The summed E-state index contributed by atoms with van der Waals surface area (Å²) in [7, 11) is 0. The molecule has 0 aliphatic carbocycles. The van der Waals surface area contributed by atoms with Crippen LogP contribution in [0, 0.1) is 5.92 Å². The number of rotatable bonds is 4. The number of hydrogen-bond donors (Lipinski definition) is 1. The molecule has 23 heavy (non-hydrogen) atoms. The minimum absolute atomic E-state index is 0.161. The van der Waals surface area contributed by atoms with Crippen LogP contribution in [0.25, 0.3) is 0 Å². The predicted molar refractivity (Wildman–Crippen MR) is 88.9 cm³/mol. The second-order valence-electron chi connectivity index (χ2n) is 5.91. The number of hydrogen-bond acceptors (Lipinski definition) is 4. The van der Waals surface area contributed by atoms with E-state index in [1.54, 1.807) is 0 Å². The highest BCUT2D eigenvalue weighted by Crippen LogP contribution is 2.48. The Balaban J connectivity index is 1.73. The molecule has 0 aromatic heterocycles. The molecule has 2 aliphatic rings. The molecule has 0 unspecified atom stereocenters. The highest BCUT2D eigenvalue weighted by atomic mass is 16.7. The van der Waals surface area contributed by atoms with E-state index in [4.69, 9.17) is 14.2 Å². The maximum atomic E-state index is 6.12. The van der Waals surface area contributed by atoms with Crippen LogP contribution in [0.2, 0.25) is 0 Å². The summed E-state index contributed by atoms with van der Waals surface area (Å²) < 4.78 is 17.7. The molecule has 4 rings (SSSR count). The van der Waals surface area contributed by atoms with Crippen molar-refractivity contribution in [3.05, 3.63) is 54.1 Å². The van der Waals surface area contributed by atoms with E-state index < -0.39 is 0 Å². The summed E-state index contributed by atoms with van der Waals surface area (Å²) in [5, 5.41) is 3.66. The Bertz CT molecular complexity index is 674. The second kappa shape index (κ2) is 6.13. The highest BCUT2D eigenvalue weighted by molar-refractivity contribution is 5.54. The van der Waals surface area contributed by atoms with Crippen LogP contribution in [0.4, 0.5) is 5.69 Å². The predicted octanol–water partition coefficient (Wildman–Crippen LogP) is 3.99. The molecular formula is C19H21NO3. The third-order valence-electron chi connectivity index (χ3n) is 4.49. The first-order valence-corrected chi connectivity index (χ1v) is 8.22. The van der Waals surface area contributed by atoms with E-state index in [2.05, 4.69) is 23.5 Å². The highest BCUT2D eigenvalue weighted by Gasteiger charge is 2.43. The first-order valence-electron chi connectivity index (χ1n) is 8.22. The standard InChI is InChI=1S/C19H21NO3/c1-2-21-16-10-6-9-14-17(20-13-7-4-3-5-8-13)15-11-12-22-19(15)23-18(14)16/h3-10,15,17,19-20H,2,11-12H2,1H3/t15-,17-,19+/m1/s1. The van der Waals surface area contributed by atoms with Gasteiger partial charge in [0.2, 0.25) is 6.29 Å². The van der Waals surface area contributed by atoms with Crippen molar-refractivity contribution in [3.8, 4) is 11.5 Å². The summed E-state index contributed by atoms with van der Waals surface area (Å²) in [6.07, 6.45) is 0.790. The van der Waals surface area contributed by atoms with Gasteiger partial charge in [0.1, 0.15) is 0 Å². The molecule has 4 heteroatoms. The van der Waals surface area contributed by atoms with E-state index >= 15 is 0 Å². The number of nitrogens with one attached hydrogen (secondary N) is 1. The van der Waals surface area contributed by atoms with Crippen LogP contribution in [-0.2, 0) is 4.74 Å². The lowest BCUT2D eigenvalue weighted by Gasteiger charge is -2.36. The van der Waals surface area contributed by atoms with Crippen molar-refractivity contribution in [3.63, 3.8) is 0 Å². The van der Waals surface area contributed by atoms with Gasteiger partial charge >= 0.3 is 0 Å². The Morgan fingerprint density at radius 1 is 1.13 bits per heavy atom. The Kier molecular flexibility index (Phi) is 3.83. The van der Waals surface area contributed by atoms with Gasteiger partial charge in [0.05, 0.1) is 19.3 Å². The van der Waals surface area contributed by atoms with Crippen LogP contribution in [0.15, 0.2) is 48.5 Å². The minimum Gasteiger partial charge on any atom is -0.490 e. The Hall–Kier alpha value is -2.20. The van der Waals surface area contributed by atoms with Gasteiger partial charge in [-0.2, -0.15) is 0 Å². The van der Waals surface area contributed by atoms with Crippen molar-refractivity contribution in [2.24, 2.45) is 5.92 Å². The third-order valence-corrected chi connectivity index (χ3v) is 4.49. The van der Waals surface area contributed by atoms with E-state index in [0.29, 0.717) is 12.5 Å². The van der Waals surface area contributed by atoms with Crippen molar-refractivity contribution in [1.82, 2.24) is 0 Å². The molecule has 4 nitrogen and oxygen atoms in total. The number of benzene rings is 2. The summed E-state index contributed by atoms with van der Waals surface area (Å²) in [5.74, 6) is 1.91. The summed E-state index contributed by atoms with van der Waals surface area (Å²) in [4.78, 5) is 0. The fourth-order valence-corrected chi connectivity index (χ4v) is 3.44. The van der Waals surface area contributed by atoms with Crippen LogP contribution in [0.3, 0.4) is 0 Å². The van der Waals surface area contributed by atoms with Gasteiger partial charge in [0.25, 0.3) is 0 Å². The van der Waals surface area contributed by atoms with Crippen molar-refractivity contribution in [2.45, 2.75) is 25.7 Å². The van der Waals surface area contributed by atoms with Gasteiger partial charge in [-0.3, -0.25) is 0 Å². The lowest BCUT2D eigenvalue weighted by atomic mass is 9.88. The zero-order valence-electron chi connectivity index (χ0n) is 13.2. The first kappa shape index (κ1) is 14.4. The largest absolute Gasteiger partial charge is 0.490 e. The molecule has 1 N–H and O–H groups in total. The zero-order valence-corrected chi connectivity index (χ0v) is 13.2. The van der Waals surface area contributed by atoms with Crippen molar-refractivity contribution in [2.75, 3.05) is 18.5 Å². The summed E-state index contributed by atoms with van der Waals surface area (Å²) in [6, 6.07) is 16.6. The normalized spacial score (nSPS) is 25.2. The lowest BCUT2D eigenvalue weighted by Crippen LogP contribution is -2.36. The van der Waals surface area contributed by atoms with Gasteiger partial charge in [-0.15, -0.1) is 0 Å². The molecule has 2 aliphatic heterocycles. The van der Waals surface area contributed by atoms with Gasteiger partial charge < -0.3 is 19.5 Å². The van der Waals surface area contributed by atoms with E-state index in [1.807, 2.05) is 37.3 Å². The number of anilines is 1. The molecular weight excluding hydrogens is 290 g/mol. The molecule has 2 aromatic rings. The molecule has 0 spiro atoms. The van der Waals surface area contributed by atoms with Gasteiger partial charge in [0, 0.05) is 17.2 Å². The van der Waals surface area contributed by atoms with E-state index in [9.17, 15) is 0 Å². The topological polar surface area (TPSA) is 39.7 Å². The molecule has 2 heterocycles. The summed E-state index contributed by atoms with van der Waals surface area (Å²) in [6.45, 7) is 3.34. The van der Waals surface area contributed by atoms with E-state index in [0.717, 1.165) is 35.8 Å². The van der Waals surface area contributed by atoms with Crippen LogP contribution in [-0.4, -0.2) is 19.5 Å². The molecule has 120 valence electrons. The lowest BCUT2D eigenvalue weighted by molar-refractivity contribution is -0.0761. The van der Waals surface area contributed by atoms with Gasteiger partial charge in [-0.05, 0) is 31.5 Å². The first-order chi connectivity index (χ1) is 11.4.